The minimum atomic E-state index is -1.94. The molecule has 1 unspecified atom stereocenters. The third-order valence-electron chi connectivity index (χ3n) is 1.45. The molecule has 5 nitrogen and oxygen atoms in total. The zero-order valence-corrected chi connectivity index (χ0v) is 8.18. The molecule has 0 heterocycles. The number of amides is 1. The van der Waals surface area contributed by atoms with Gasteiger partial charge in [-0.3, -0.25) is 4.21 Å². The first-order chi connectivity index (χ1) is 6.13. The second kappa shape index (κ2) is 8.00. The molecule has 0 saturated heterocycles. The summed E-state index contributed by atoms with van der Waals surface area (Å²) in [5, 5.41) is 0. The van der Waals surface area contributed by atoms with Crippen LogP contribution in [0, 0.1) is 0 Å². The van der Waals surface area contributed by atoms with Gasteiger partial charge in [-0.05, 0) is 12.8 Å². The summed E-state index contributed by atoms with van der Waals surface area (Å²) in [5.74, 6) is 0.205. The summed E-state index contributed by atoms with van der Waals surface area (Å²) in [5.41, 5.74) is 4.73. The van der Waals surface area contributed by atoms with E-state index in [1.807, 2.05) is 0 Å². The smallest absolute Gasteiger partial charge is 0.404 e. The standard InChI is InChI=1S/C7H15NO4S/c8-7(9)12-5-3-1-2-4-6-13(10)11/h1-6H2,(H2,8,9)(H,10,11)/p-1. The largest absolute Gasteiger partial charge is 0.772 e. The molecule has 0 rings (SSSR count). The molecule has 0 radical (unpaired) electrons. The van der Waals surface area contributed by atoms with Crippen LogP contribution in [0.3, 0.4) is 0 Å². The third kappa shape index (κ3) is 11.4. The number of unbranched alkanes of at least 4 members (excludes halogenated alkanes) is 3. The highest BCUT2D eigenvalue weighted by Crippen LogP contribution is 2.00. The van der Waals surface area contributed by atoms with E-state index in [4.69, 9.17) is 5.73 Å². The van der Waals surface area contributed by atoms with Gasteiger partial charge in [0.15, 0.2) is 0 Å². The van der Waals surface area contributed by atoms with Gasteiger partial charge in [-0.25, -0.2) is 4.79 Å². The van der Waals surface area contributed by atoms with Gasteiger partial charge in [0, 0.05) is 5.75 Å². The van der Waals surface area contributed by atoms with E-state index in [1.54, 1.807) is 0 Å². The average Bonchev–Trinajstić information content (AvgIpc) is 2.01. The van der Waals surface area contributed by atoms with E-state index < -0.39 is 17.2 Å². The number of primary amides is 1. The summed E-state index contributed by atoms with van der Waals surface area (Å²) in [6, 6.07) is 0. The van der Waals surface area contributed by atoms with Crippen LogP contribution in [0.4, 0.5) is 4.79 Å². The van der Waals surface area contributed by atoms with E-state index in [0.717, 1.165) is 19.3 Å². The van der Waals surface area contributed by atoms with Gasteiger partial charge in [0.25, 0.3) is 0 Å². The molecule has 0 saturated carbocycles. The molecule has 0 aromatic heterocycles. The van der Waals surface area contributed by atoms with Crippen molar-refractivity contribution in [3.8, 4) is 0 Å². The number of hydrogen-bond acceptors (Lipinski definition) is 4. The molecule has 0 aromatic carbocycles. The van der Waals surface area contributed by atoms with Gasteiger partial charge in [-0.15, -0.1) is 0 Å². The molecular formula is C7H14NO4S-. The minimum absolute atomic E-state index is 0.205. The Balaban J connectivity index is 3.00. The van der Waals surface area contributed by atoms with Crippen molar-refractivity contribution in [2.45, 2.75) is 25.7 Å². The SMILES string of the molecule is NC(=O)OCCCCCCS(=O)[O-]. The summed E-state index contributed by atoms with van der Waals surface area (Å²) < 4.78 is 24.7. The number of carbonyl (C=O) groups excluding carboxylic acids is 1. The zero-order valence-electron chi connectivity index (χ0n) is 7.36. The first kappa shape index (κ1) is 12.4. The monoisotopic (exact) mass is 208 g/mol. The van der Waals surface area contributed by atoms with Crippen LogP contribution in [-0.4, -0.2) is 27.2 Å². The second-order valence-corrected chi connectivity index (χ2v) is 3.61. The lowest BCUT2D eigenvalue weighted by Crippen LogP contribution is -2.13. The van der Waals surface area contributed by atoms with Crippen LogP contribution in [-0.2, 0) is 15.8 Å². The van der Waals surface area contributed by atoms with E-state index in [-0.39, 0.29) is 5.75 Å². The highest BCUT2D eigenvalue weighted by molar-refractivity contribution is 7.79. The summed E-state index contributed by atoms with van der Waals surface area (Å²) in [6.07, 6.45) is 2.31. The fourth-order valence-corrected chi connectivity index (χ4v) is 1.29. The fourth-order valence-electron chi connectivity index (χ4n) is 0.848. The Hall–Kier alpha value is -0.620. The van der Waals surface area contributed by atoms with Gasteiger partial charge >= 0.3 is 6.09 Å². The Morgan fingerprint density at radius 2 is 1.92 bits per heavy atom. The predicted octanol–water partition coefficient (Wildman–Crippen LogP) is 0.521. The molecular weight excluding hydrogens is 194 g/mol. The Labute approximate surface area is 79.9 Å². The van der Waals surface area contributed by atoms with Gasteiger partial charge in [0.05, 0.1) is 6.61 Å². The van der Waals surface area contributed by atoms with E-state index in [2.05, 4.69) is 4.74 Å². The summed E-state index contributed by atoms with van der Waals surface area (Å²) in [7, 11) is 0. The van der Waals surface area contributed by atoms with Crippen LogP contribution < -0.4 is 5.73 Å². The lowest BCUT2D eigenvalue weighted by molar-refractivity contribution is 0.154. The second-order valence-electron chi connectivity index (χ2n) is 2.59. The Morgan fingerprint density at radius 1 is 1.31 bits per heavy atom. The number of rotatable bonds is 7. The maximum Gasteiger partial charge on any atom is 0.404 e. The van der Waals surface area contributed by atoms with Crippen molar-refractivity contribution in [2.24, 2.45) is 5.73 Å². The van der Waals surface area contributed by atoms with Gasteiger partial charge in [0.2, 0.25) is 0 Å². The van der Waals surface area contributed by atoms with Crippen molar-refractivity contribution in [3.05, 3.63) is 0 Å². The van der Waals surface area contributed by atoms with Crippen molar-refractivity contribution in [2.75, 3.05) is 12.4 Å². The first-order valence-corrected chi connectivity index (χ1v) is 5.35. The number of hydrogen-bond donors (Lipinski definition) is 1. The fraction of sp³-hybridized carbons (Fsp3) is 0.857. The van der Waals surface area contributed by atoms with Crippen molar-refractivity contribution < 1.29 is 18.3 Å². The van der Waals surface area contributed by atoms with Crippen molar-refractivity contribution in [3.63, 3.8) is 0 Å². The van der Waals surface area contributed by atoms with Crippen LogP contribution in [0.1, 0.15) is 25.7 Å². The summed E-state index contributed by atoms with van der Waals surface area (Å²) in [6.45, 7) is 0.315. The van der Waals surface area contributed by atoms with E-state index in [9.17, 15) is 13.6 Å². The van der Waals surface area contributed by atoms with Crippen LogP contribution in [0.2, 0.25) is 0 Å². The molecule has 0 aliphatic carbocycles. The zero-order chi connectivity index (χ0) is 10.1. The molecule has 0 fully saturated rings. The third-order valence-corrected chi connectivity index (χ3v) is 2.07. The molecule has 0 bridgehead atoms. The maximum atomic E-state index is 10.1. The summed E-state index contributed by atoms with van der Waals surface area (Å²) in [4.78, 5) is 10.1. The lowest BCUT2D eigenvalue weighted by atomic mass is 10.2. The highest BCUT2D eigenvalue weighted by Gasteiger charge is 1.93. The molecule has 6 heteroatoms. The van der Waals surface area contributed by atoms with Gasteiger partial charge in [-0.2, -0.15) is 0 Å². The molecule has 13 heavy (non-hydrogen) atoms. The molecule has 0 aromatic rings. The minimum Gasteiger partial charge on any atom is -0.772 e. The molecule has 78 valence electrons. The van der Waals surface area contributed by atoms with Crippen molar-refractivity contribution in [1.82, 2.24) is 0 Å². The normalized spacial score (nSPS) is 12.4. The number of nitrogens with two attached hydrogens (primary N) is 1. The molecule has 0 spiro atoms. The van der Waals surface area contributed by atoms with E-state index in [0.29, 0.717) is 13.0 Å². The van der Waals surface area contributed by atoms with Crippen LogP contribution in [0.25, 0.3) is 0 Å². The van der Waals surface area contributed by atoms with Gasteiger partial charge in [-0.1, -0.05) is 23.9 Å². The number of ether oxygens (including phenoxy) is 1. The predicted molar refractivity (Wildman–Crippen MR) is 47.8 cm³/mol. The summed E-state index contributed by atoms with van der Waals surface area (Å²) >= 11 is -1.94. The number of carbonyl (C=O) groups is 1. The topological polar surface area (TPSA) is 92.5 Å². The quantitative estimate of drug-likeness (QED) is 0.487. The Bertz CT molecular complexity index is 156. The molecule has 0 aliphatic heterocycles. The average molecular weight is 208 g/mol. The van der Waals surface area contributed by atoms with Crippen molar-refractivity contribution in [1.29, 1.82) is 0 Å². The van der Waals surface area contributed by atoms with Crippen LogP contribution >= 0.6 is 0 Å². The van der Waals surface area contributed by atoms with Gasteiger partial charge < -0.3 is 15.0 Å². The molecule has 0 aliphatic rings. The highest BCUT2D eigenvalue weighted by atomic mass is 32.2. The maximum absolute atomic E-state index is 10.1. The van der Waals surface area contributed by atoms with E-state index in [1.165, 1.54) is 0 Å². The van der Waals surface area contributed by atoms with E-state index >= 15 is 0 Å². The van der Waals surface area contributed by atoms with Crippen LogP contribution in [0.5, 0.6) is 0 Å². The molecule has 2 N–H and O–H groups in total. The van der Waals surface area contributed by atoms with Crippen molar-refractivity contribution >= 4 is 17.2 Å². The van der Waals surface area contributed by atoms with Crippen LogP contribution in [0.15, 0.2) is 0 Å². The lowest BCUT2D eigenvalue weighted by Gasteiger charge is -2.04. The first-order valence-electron chi connectivity index (χ1n) is 4.11. The Kier molecular flexibility index (Phi) is 7.62. The van der Waals surface area contributed by atoms with Gasteiger partial charge in [0.1, 0.15) is 0 Å². The Morgan fingerprint density at radius 3 is 2.46 bits per heavy atom. The molecule has 1 atom stereocenters. The molecule has 1 amide bonds.